The summed E-state index contributed by atoms with van der Waals surface area (Å²) in [6.07, 6.45) is 0. The molecule has 6 nitrogen and oxygen atoms in total. The standard InChI is InChI=1S/C13H21ClN2O4S/c1-10-8-11(9-12(15)13(10)14)21(17,18)16(4-6-19-2)5-7-20-3/h8-9H,4-7,15H2,1-3H3. The number of halogens is 1. The molecule has 8 heteroatoms. The summed E-state index contributed by atoms with van der Waals surface area (Å²) in [5.74, 6) is 0. The number of ether oxygens (including phenoxy) is 2. The molecule has 1 aromatic rings. The normalized spacial score (nSPS) is 12.0. The molecule has 0 unspecified atom stereocenters. The van der Waals surface area contributed by atoms with Gasteiger partial charge in [0.05, 0.1) is 28.8 Å². The van der Waals surface area contributed by atoms with Gasteiger partial charge in [0, 0.05) is 27.3 Å². The SMILES string of the molecule is COCCN(CCOC)S(=O)(=O)c1cc(C)c(Cl)c(N)c1. The Hall–Kier alpha value is -0.860. The van der Waals surface area contributed by atoms with E-state index in [4.69, 9.17) is 26.8 Å². The van der Waals surface area contributed by atoms with Gasteiger partial charge in [0.2, 0.25) is 10.0 Å². The topological polar surface area (TPSA) is 81.9 Å². The molecule has 1 aromatic carbocycles. The fourth-order valence-electron chi connectivity index (χ4n) is 1.80. The molecule has 0 aliphatic heterocycles. The minimum Gasteiger partial charge on any atom is -0.397 e. The van der Waals surface area contributed by atoms with E-state index in [-0.39, 0.29) is 23.7 Å². The number of nitrogens with zero attached hydrogens (tertiary/aromatic N) is 1. The van der Waals surface area contributed by atoms with Crippen molar-refractivity contribution in [2.24, 2.45) is 0 Å². The van der Waals surface area contributed by atoms with E-state index in [9.17, 15) is 8.42 Å². The number of hydrogen-bond donors (Lipinski definition) is 1. The average Bonchev–Trinajstić information content (AvgIpc) is 2.44. The van der Waals surface area contributed by atoms with Crippen molar-refractivity contribution in [3.8, 4) is 0 Å². The van der Waals surface area contributed by atoms with Crippen molar-refractivity contribution in [2.45, 2.75) is 11.8 Å². The summed E-state index contributed by atoms with van der Waals surface area (Å²) in [6, 6.07) is 2.89. The van der Waals surface area contributed by atoms with Crippen molar-refractivity contribution >= 4 is 27.3 Å². The van der Waals surface area contributed by atoms with E-state index in [2.05, 4.69) is 0 Å². The largest absolute Gasteiger partial charge is 0.397 e. The van der Waals surface area contributed by atoms with Gasteiger partial charge in [-0.3, -0.25) is 0 Å². The lowest BCUT2D eigenvalue weighted by Crippen LogP contribution is -2.36. The molecule has 0 heterocycles. The summed E-state index contributed by atoms with van der Waals surface area (Å²) in [5, 5.41) is 0.370. The Balaban J connectivity index is 3.15. The summed E-state index contributed by atoms with van der Waals surface area (Å²) in [5.41, 5.74) is 6.62. The van der Waals surface area contributed by atoms with Crippen LogP contribution in [0.1, 0.15) is 5.56 Å². The molecule has 0 bridgehead atoms. The molecule has 2 N–H and O–H groups in total. The third-order valence-electron chi connectivity index (χ3n) is 2.98. The van der Waals surface area contributed by atoms with Gasteiger partial charge < -0.3 is 15.2 Å². The summed E-state index contributed by atoms with van der Waals surface area (Å²) >= 11 is 5.97. The van der Waals surface area contributed by atoms with Crippen LogP contribution in [0.3, 0.4) is 0 Å². The molecule has 0 radical (unpaired) electrons. The molecule has 0 aliphatic carbocycles. The first kappa shape index (κ1) is 18.2. The Morgan fingerprint density at radius 1 is 1.19 bits per heavy atom. The van der Waals surface area contributed by atoms with Crippen LogP contribution in [0, 0.1) is 6.92 Å². The minimum atomic E-state index is -3.67. The highest BCUT2D eigenvalue weighted by atomic mass is 35.5. The summed E-state index contributed by atoms with van der Waals surface area (Å²) < 4.78 is 36.6. The molecular weight excluding hydrogens is 316 g/mol. The van der Waals surface area contributed by atoms with Crippen molar-refractivity contribution in [1.82, 2.24) is 4.31 Å². The van der Waals surface area contributed by atoms with E-state index in [1.54, 1.807) is 6.92 Å². The van der Waals surface area contributed by atoms with E-state index < -0.39 is 10.0 Å². The van der Waals surface area contributed by atoms with Crippen LogP contribution in [-0.4, -0.2) is 53.2 Å². The van der Waals surface area contributed by atoms with Crippen molar-refractivity contribution in [2.75, 3.05) is 46.3 Å². The van der Waals surface area contributed by atoms with E-state index in [0.29, 0.717) is 23.8 Å². The van der Waals surface area contributed by atoms with Gasteiger partial charge in [-0.15, -0.1) is 0 Å². The summed E-state index contributed by atoms with van der Waals surface area (Å²) in [4.78, 5) is 0.120. The zero-order valence-electron chi connectivity index (χ0n) is 12.4. The number of methoxy groups -OCH3 is 2. The van der Waals surface area contributed by atoms with Crippen LogP contribution in [0.2, 0.25) is 5.02 Å². The van der Waals surface area contributed by atoms with Crippen LogP contribution in [0.25, 0.3) is 0 Å². The number of benzene rings is 1. The van der Waals surface area contributed by atoms with E-state index in [1.807, 2.05) is 0 Å². The van der Waals surface area contributed by atoms with E-state index in [1.165, 1.54) is 30.7 Å². The van der Waals surface area contributed by atoms with Gasteiger partial charge in [-0.2, -0.15) is 4.31 Å². The Labute approximate surface area is 130 Å². The maximum atomic E-state index is 12.7. The third kappa shape index (κ3) is 4.55. The Bertz CT molecular complexity index is 547. The second-order valence-electron chi connectivity index (χ2n) is 4.53. The minimum absolute atomic E-state index is 0.120. The number of sulfonamides is 1. The highest BCUT2D eigenvalue weighted by Crippen LogP contribution is 2.28. The maximum absolute atomic E-state index is 12.7. The van der Waals surface area contributed by atoms with Crippen molar-refractivity contribution < 1.29 is 17.9 Å². The lowest BCUT2D eigenvalue weighted by atomic mass is 10.2. The Kier molecular flexibility index (Phi) is 6.89. The number of nitrogen functional groups attached to an aromatic ring is 1. The van der Waals surface area contributed by atoms with Gasteiger partial charge in [-0.05, 0) is 24.6 Å². The fraction of sp³-hybridized carbons (Fsp3) is 0.538. The monoisotopic (exact) mass is 336 g/mol. The van der Waals surface area contributed by atoms with Gasteiger partial charge in [-0.25, -0.2) is 8.42 Å². The van der Waals surface area contributed by atoms with E-state index >= 15 is 0 Å². The molecule has 0 spiro atoms. The van der Waals surface area contributed by atoms with Gasteiger partial charge in [0.1, 0.15) is 0 Å². The molecule has 120 valence electrons. The van der Waals surface area contributed by atoms with Gasteiger partial charge in [-0.1, -0.05) is 11.6 Å². The van der Waals surface area contributed by atoms with Crippen molar-refractivity contribution in [1.29, 1.82) is 0 Å². The second kappa shape index (κ2) is 7.95. The lowest BCUT2D eigenvalue weighted by molar-refractivity contribution is 0.150. The van der Waals surface area contributed by atoms with Crippen LogP contribution in [-0.2, 0) is 19.5 Å². The summed E-state index contributed by atoms with van der Waals surface area (Å²) in [7, 11) is -0.634. The Morgan fingerprint density at radius 3 is 2.14 bits per heavy atom. The quantitative estimate of drug-likeness (QED) is 0.728. The van der Waals surface area contributed by atoms with Crippen LogP contribution < -0.4 is 5.73 Å². The zero-order chi connectivity index (χ0) is 16.0. The first-order valence-electron chi connectivity index (χ1n) is 6.38. The average molecular weight is 337 g/mol. The number of anilines is 1. The molecule has 0 saturated carbocycles. The molecule has 0 aromatic heterocycles. The second-order valence-corrected chi connectivity index (χ2v) is 6.85. The number of hydrogen-bond acceptors (Lipinski definition) is 5. The van der Waals surface area contributed by atoms with Gasteiger partial charge in [0.15, 0.2) is 0 Å². The Morgan fingerprint density at radius 2 is 1.71 bits per heavy atom. The van der Waals surface area contributed by atoms with Gasteiger partial charge in [0.25, 0.3) is 0 Å². The fourth-order valence-corrected chi connectivity index (χ4v) is 3.44. The van der Waals surface area contributed by atoms with Crippen molar-refractivity contribution in [3.05, 3.63) is 22.7 Å². The first-order chi connectivity index (χ1) is 9.84. The first-order valence-corrected chi connectivity index (χ1v) is 8.20. The molecule has 1 rings (SSSR count). The molecule has 0 saturated heterocycles. The highest BCUT2D eigenvalue weighted by Gasteiger charge is 2.25. The molecular formula is C13H21ClN2O4S. The van der Waals surface area contributed by atoms with E-state index in [0.717, 1.165) is 0 Å². The zero-order valence-corrected chi connectivity index (χ0v) is 14.0. The number of rotatable bonds is 8. The number of nitrogens with two attached hydrogens (primary N) is 1. The molecule has 0 aliphatic rings. The van der Waals surface area contributed by atoms with Crippen LogP contribution in [0.5, 0.6) is 0 Å². The lowest BCUT2D eigenvalue weighted by Gasteiger charge is -2.22. The van der Waals surface area contributed by atoms with Gasteiger partial charge >= 0.3 is 0 Å². The predicted octanol–water partition coefficient (Wildman–Crippen LogP) is 1.51. The molecule has 0 fully saturated rings. The smallest absolute Gasteiger partial charge is 0.243 e. The molecule has 0 atom stereocenters. The molecule has 21 heavy (non-hydrogen) atoms. The highest BCUT2D eigenvalue weighted by molar-refractivity contribution is 7.89. The van der Waals surface area contributed by atoms with Crippen LogP contribution in [0.4, 0.5) is 5.69 Å². The number of aryl methyl sites for hydroxylation is 1. The van der Waals surface area contributed by atoms with Crippen molar-refractivity contribution in [3.63, 3.8) is 0 Å². The predicted molar refractivity (Wildman–Crippen MR) is 83.1 cm³/mol. The molecule has 0 amide bonds. The van der Waals surface area contributed by atoms with Crippen LogP contribution >= 0.6 is 11.6 Å². The van der Waals surface area contributed by atoms with Crippen LogP contribution in [0.15, 0.2) is 17.0 Å². The summed E-state index contributed by atoms with van der Waals surface area (Å²) in [6.45, 7) is 2.79. The third-order valence-corrected chi connectivity index (χ3v) is 5.38. The maximum Gasteiger partial charge on any atom is 0.243 e.